The maximum atomic E-state index is 12.2. The summed E-state index contributed by atoms with van der Waals surface area (Å²) in [4.78, 5) is 49.2. The van der Waals surface area contributed by atoms with Crippen molar-refractivity contribution in [1.82, 2.24) is 15.1 Å². The maximum absolute atomic E-state index is 12.2. The van der Waals surface area contributed by atoms with E-state index in [-0.39, 0.29) is 24.2 Å². The molecular weight excluding hydrogens is 356 g/mol. The number of rotatable bonds is 5. The normalized spacial score (nSPS) is 16.6. The van der Waals surface area contributed by atoms with E-state index in [9.17, 15) is 24.5 Å². The van der Waals surface area contributed by atoms with Gasteiger partial charge in [-0.15, -0.1) is 0 Å². The molecule has 1 heterocycles. The topological polar surface area (TPSA) is 122 Å². The van der Waals surface area contributed by atoms with Crippen LogP contribution < -0.4 is 10.1 Å². The van der Waals surface area contributed by atoms with Crippen LogP contribution in [-0.4, -0.2) is 71.3 Å². The molecule has 1 aliphatic carbocycles. The highest BCUT2D eigenvalue weighted by Crippen LogP contribution is 2.19. The maximum Gasteiger partial charge on any atom is 0.312 e. The van der Waals surface area contributed by atoms with Crippen molar-refractivity contribution in [3.63, 3.8) is 0 Å². The average Bonchev–Trinajstić information content (AvgIpc) is 3.50. The minimum Gasteiger partial charge on any atom is -0.484 e. The summed E-state index contributed by atoms with van der Waals surface area (Å²) < 4.78 is 5.36. The van der Waals surface area contributed by atoms with Gasteiger partial charge in [-0.2, -0.15) is 0 Å². The molecule has 2 fully saturated rings. The van der Waals surface area contributed by atoms with E-state index in [1.165, 1.54) is 29.2 Å². The van der Waals surface area contributed by atoms with E-state index in [0.29, 0.717) is 31.9 Å². The summed E-state index contributed by atoms with van der Waals surface area (Å²) in [7, 11) is 0. The lowest BCUT2D eigenvalue weighted by molar-refractivity contribution is -0.384. The van der Waals surface area contributed by atoms with E-state index in [2.05, 4.69) is 5.32 Å². The van der Waals surface area contributed by atoms with Crippen LogP contribution in [0.5, 0.6) is 5.75 Å². The Morgan fingerprint density at radius 1 is 1.07 bits per heavy atom. The summed E-state index contributed by atoms with van der Waals surface area (Å²) in [5.74, 6) is -1.03. The number of carbonyl (C=O) groups excluding carboxylic acids is 3. The lowest BCUT2D eigenvalue weighted by atomic mass is 10.3. The molecule has 1 N–H and O–H groups in total. The quantitative estimate of drug-likeness (QED) is 0.436. The highest BCUT2D eigenvalue weighted by molar-refractivity contribution is 6.35. The van der Waals surface area contributed by atoms with Crippen LogP contribution in [0.2, 0.25) is 0 Å². The number of nitro benzene ring substituents is 1. The third kappa shape index (κ3) is 4.93. The molecule has 1 aromatic rings. The summed E-state index contributed by atoms with van der Waals surface area (Å²) in [6.07, 6.45) is 1.83. The number of piperazine rings is 1. The second-order valence-corrected chi connectivity index (χ2v) is 6.46. The Bertz CT molecular complexity index is 738. The molecular formula is C17H20N4O6. The van der Waals surface area contributed by atoms with Crippen molar-refractivity contribution >= 4 is 23.4 Å². The lowest BCUT2D eigenvalue weighted by Gasteiger charge is -2.34. The Kier molecular flexibility index (Phi) is 5.53. The molecule has 1 saturated carbocycles. The van der Waals surface area contributed by atoms with Crippen LogP contribution in [0.1, 0.15) is 12.8 Å². The summed E-state index contributed by atoms with van der Waals surface area (Å²) >= 11 is 0. The molecule has 1 aromatic carbocycles. The zero-order chi connectivity index (χ0) is 19.4. The number of carbonyl (C=O) groups is 3. The first-order valence-electron chi connectivity index (χ1n) is 8.69. The SMILES string of the molecule is O=C(NC1CC1)C(=O)N1CCN(C(=O)COc2ccc([N+](=O)[O-])cc2)CC1. The molecule has 10 nitrogen and oxygen atoms in total. The van der Waals surface area contributed by atoms with Gasteiger partial charge in [0.25, 0.3) is 11.6 Å². The Balaban J connectivity index is 1.42. The Labute approximate surface area is 155 Å². The van der Waals surface area contributed by atoms with Gasteiger partial charge in [0.2, 0.25) is 0 Å². The molecule has 0 unspecified atom stereocenters. The molecule has 3 rings (SSSR count). The molecule has 0 bridgehead atoms. The van der Waals surface area contributed by atoms with Crippen LogP contribution in [0.3, 0.4) is 0 Å². The predicted molar refractivity (Wildman–Crippen MR) is 92.9 cm³/mol. The van der Waals surface area contributed by atoms with E-state index in [1.54, 1.807) is 4.90 Å². The van der Waals surface area contributed by atoms with E-state index in [1.807, 2.05) is 0 Å². The Morgan fingerprint density at radius 2 is 1.67 bits per heavy atom. The van der Waals surface area contributed by atoms with Crippen LogP contribution in [0.4, 0.5) is 5.69 Å². The molecule has 144 valence electrons. The van der Waals surface area contributed by atoms with Crippen molar-refractivity contribution in [1.29, 1.82) is 0 Å². The number of amides is 3. The third-order valence-electron chi connectivity index (χ3n) is 4.44. The fourth-order valence-corrected chi connectivity index (χ4v) is 2.68. The van der Waals surface area contributed by atoms with Crippen molar-refractivity contribution < 1.29 is 24.0 Å². The number of hydrogen-bond acceptors (Lipinski definition) is 6. The second kappa shape index (κ2) is 8.02. The number of nitrogens with zero attached hydrogens (tertiary/aromatic N) is 3. The summed E-state index contributed by atoms with van der Waals surface area (Å²) in [6, 6.07) is 5.59. The van der Waals surface area contributed by atoms with Crippen molar-refractivity contribution in [2.24, 2.45) is 0 Å². The molecule has 2 aliphatic rings. The molecule has 0 spiro atoms. The van der Waals surface area contributed by atoms with Crippen molar-refractivity contribution in [2.75, 3.05) is 32.8 Å². The fraction of sp³-hybridized carbons (Fsp3) is 0.471. The van der Waals surface area contributed by atoms with E-state index < -0.39 is 16.7 Å². The van der Waals surface area contributed by atoms with Gasteiger partial charge in [-0.1, -0.05) is 0 Å². The first-order valence-corrected chi connectivity index (χ1v) is 8.69. The first-order chi connectivity index (χ1) is 12.9. The van der Waals surface area contributed by atoms with Gasteiger partial charge in [0.15, 0.2) is 6.61 Å². The van der Waals surface area contributed by atoms with Gasteiger partial charge in [-0.05, 0) is 25.0 Å². The van der Waals surface area contributed by atoms with Crippen LogP contribution in [0.25, 0.3) is 0 Å². The number of nitro groups is 1. The van der Waals surface area contributed by atoms with Gasteiger partial charge in [-0.25, -0.2) is 0 Å². The number of hydrogen-bond donors (Lipinski definition) is 1. The van der Waals surface area contributed by atoms with E-state index >= 15 is 0 Å². The smallest absolute Gasteiger partial charge is 0.312 e. The molecule has 0 radical (unpaired) electrons. The molecule has 10 heteroatoms. The molecule has 1 aliphatic heterocycles. The monoisotopic (exact) mass is 376 g/mol. The second-order valence-electron chi connectivity index (χ2n) is 6.46. The number of nitrogens with one attached hydrogen (secondary N) is 1. The molecule has 1 saturated heterocycles. The standard InChI is InChI=1S/C17H20N4O6/c22-15(11-27-14-5-3-13(4-6-14)21(25)26)19-7-9-20(10-8-19)17(24)16(23)18-12-1-2-12/h3-6,12H,1-2,7-11H2,(H,18,23). The van der Waals surface area contributed by atoms with E-state index in [4.69, 9.17) is 4.74 Å². The number of benzene rings is 1. The Hall–Kier alpha value is -3.17. The molecule has 27 heavy (non-hydrogen) atoms. The zero-order valence-corrected chi connectivity index (χ0v) is 14.6. The van der Waals surface area contributed by atoms with Crippen LogP contribution in [0.15, 0.2) is 24.3 Å². The summed E-state index contributed by atoms with van der Waals surface area (Å²) in [5.41, 5.74) is -0.0554. The van der Waals surface area contributed by atoms with Gasteiger partial charge in [0.1, 0.15) is 5.75 Å². The minimum absolute atomic E-state index is 0.0554. The zero-order valence-electron chi connectivity index (χ0n) is 14.6. The van der Waals surface area contributed by atoms with Gasteiger partial charge < -0.3 is 19.9 Å². The minimum atomic E-state index is -0.584. The number of non-ortho nitro benzene ring substituents is 1. The summed E-state index contributed by atoms with van der Waals surface area (Å²) in [5, 5.41) is 13.3. The van der Waals surface area contributed by atoms with Gasteiger partial charge in [-0.3, -0.25) is 24.5 Å². The van der Waals surface area contributed by atoms with Crippen LogP contribution in [0, 0.1) is 10.1 Å². The van der Waals surface area contributed by atoms with Crippen molar-refractivity contribution in [3.05, 3.63) is 34.4 Å². The van der Waals surface area contributed by atoms with Crippen molar-refractivity contribution in [3.8, 4) is 5.75 Å². The summed E-state index contributed by atoms with van der Waals surface area (Å²) in [6.45, 7) is 1.03. The van der Waals surface area contributed by atoms with Crippen molar-refractivity contribution in [2.45, 2.75) is 18.9 Å². The van der Waals surface area contributed by atoms with E-state index in [0.717, 1.165) is 12.8 Å². The highest BCUT2D eigenvalue weighted by atomic mass is 16.6. The first kappa shape index (κ1) is 18.6. The lowest BCUT2D eigenvalue weighted by Crippen LogP contribution is -2.54. The predicted octanol–water partition coefficient (Wildman–Crippen LogP) is -0.0770. The largest absolute Gasteiger partial charge is 0.484 e. The van der Waals surface area contributed by atoms with Gasteiger partial charge in [0.05, 0.1) is 4.92 Å². The van der Waals surface area contributed by atoms with Crippen LogP contribution >= 0.6 is 0 Å². The molecule has 0 atom stereocenters. The van der Waals surface area contributed by atoms with Gasteiger partial charge in [0, 0.05) is 44.4 Å². The molecule has 3 amide bonds. The number of ether oxygens (including phenoxy) is 1. The highest BCUT2D eigenvalue weighted by Gasteiger charge is 2.31. The average molecular weight is 376 g/mol. The fourth-order valence-electron chi connectivity index (χ4n) is 2.68. The van der Waals surface area contributed by atoms with Gasteiger partial charge >= 0.3 is 11.8 Å². The Morgan fingerprint density at radius 3 is 2.22 bits per heavy atom. The van der Waals surface area contributed by atoms with Crippen LogP contribution in [-0.2, 0) is 14.4 Å². The molecule has 0 aromatic heterocycles. The third-order valence-corrected chi connectivity index (χ3v) is 4.44.